The van der Waals surface area contributed by atoms with E-state index in [-0.39, 0.29) is 17.9 Å². The molecule has 1 unspecified atom stereocenters. The van der Waals surface area contributed by atoms with Crippen molar-refractivity contribution in [1.29, 1.82) is 0 Å². The Bertz CT molecular complexity index is 1100. The molecule has 180 valence electrons. The number of rotatable bonds is 7. The predicted molar refractivity (Wildman–Crippen MR) is 122 cm³/mol. The Hall–Kier alpha value is -3.43. The number of morpholine rings is 1. The summed E-state index contributed by atoms with van der Waals surface area (Å²) in [6, 6.07) is 9.47. The van der Waals surface area contributed by atoms with Crippen LogP contribution in [0.2, 0.25) is 0 Å². The summed E-state index contributed by atoms with van der Waals surface area (Å²) in [4.78, 5) is 29.8. The number of ketones is 1. The van der Waals surface area contributed by atoms with Crippen LogP contribution < -0.4 is 9.47 Å². The van der Waals surface area contributed by atoms with Gasteiger partial charge in [0.2, 0.25) is 0 Å². The molecule has 8 nitrogen and oxygen atoms in total. The first-order valence-corrected chi connectivity index (χ1v) is 11.0. The zero-order valence-electron chi connectivity index (χ0n) is 19.1. The van der Waals surface area contributed by atoms with Crippen LogP contribution in [-0.4, -0.2) is 80.2 Å². The topological polar surface area (TPSA) is 88.5 Å². The van der Waals surface area contributed by atoms with Gasteiger partial charge in [0.15, 0.2) is 11.5 Å². The number of amides is 1. The highest BCUT2D eigenvalue weighted by Crippen LogP contribution is 2.40. The van der Waals surface area contributed by atoms with Crippen LogP contribution in [0, 0.1) is 5.82 Å². The van der Waals surface area contributed by atoms with E-state index in [4.69, 9.17) is 14.2 Å². The van der Waals surface area contributed by atoms with Crippen molar-refractivity contribution in [3.8, 4) is 11.5 Å². The van der Waals surface area contributed by atoms with Crippen LogP contribution >= 0.6 is 0 Å². The number of ether oxygens (including phenoxy) is 3. The zero-order valence-corrected chi connectivity index (χ0v) is 19.1. The van der Waals surface area contributed by atoms with Crippen LogP contribution in [0.15, 0.2) is 48.0 Å². The summed E-state index contributed by atoms with van der Waals surface area (Å²) in [7, 11) is 2.96. The Morgan fingerprint density at radius 3 is 2.35 bits per heavy atom. The number of nitrogens with zero attached hydrogens (tertiary/aromatic N) is 2. The minimum Gasteiger partial charge on any atom is -0.507 e. The van der Waals surface area contributed by atoms with E-state index < -0.39 is 23.5 Å². The normalized spacial score (nSPS) is 20.6. The van der Waals surface area contributed by atoms with Crippen LogP contribution in [0.25, 0.3) is 5.76 Å². The molecule has 2 aromatic carbocycles. The van der Waals surface area contributed by atoms with Gasteiger partial charge in [-0.3, -0.25) is 14.5 Å². The summed E-state index contributed by atoms with van der Waals surface area (Å²) < 4.78 is 29.6. The van der Waals surface area contributed by atoms with Gasteiger partial charge >= 0.3 is 0 Å². The van der Waals surface area contributed by atoms with Gasteiger partial charge < -0.3 is 24.2 Å². The number of likely N-dealkylation sites (tertiary alicyclic amines) is 1. The molecule has 0 spiro atoms. The van der Waals surface area contributed by atoms with Crippen molar-refractivity contribution in [2.24, 2.45) is 0 Å². The fourth-order valence-electron chi connectivity index (χ4n) is 4.32. The number of methoxy groups -OCH3 is 2. The maximum absolute atomic E-state index is 13.6. The molecular weight excluding hydrogens is 443 g/mol. The van der Waals surface area contributed by atoms with E-state index in [9.17, 15) is 19.1 Å². The van der Waals surface area contributed by atoms with Crippen LogP contribution in [0.3, 0.4) is 0 Å². The number of aliphatic hydroxyl groups excluding tert-OH is 1. The molecule has 0 aliphatic carbocycles. The van der Waals surface area contributed by atoms with E-state index in [0.29, 0.717) is 42.4 Å². The summed E-state index contributed by atoms with van der Waals surface area (Å²) >= 11 is 0. The van der Waals surface area contributed by atoms with E-state index in [1.54, 1.807) is 12.1 Å². The third-order valence-corrected chi connectivity index (χ3v) is 6.14. The van der Waals surface area contributed by atoms with Gasteiger partial charge in [0.1, 0.15) is 11.6 Å². The molecule has 1 N–H and O–H groups in total. The number of hydrogen-bond acceptors (Lipinski definition) is 7. The molecule has 4 rings (SSSR count). The van der Waals surface area contributed by atoms with Gasteiger partial charge in [-0.2, -0.15) is 0 Å². The van der Waals surface area contributed by atoms with Crippen molar-refractivity contribution < 1.29 is 33.3 Å². The third-order valence-electron chi connectivity index (χ3n) is 6.14. The molecule has 0 radical (unpaired) electrons. The van der Waals surface area contributed by atoms with Gasteiger partial charge in [-0.1, -0.05) is 12.1 Å². The van der Waals surface area contributed by atoms with Crippen molar-refractivity contribution in [2.75, 3.05) is 53.6 Å². The largest absolute Gasteiger partial charge is 0.507 e. The number of aliphatic hydroxyl groups is 1. The highest BCUT2D eigenvalue weighted by Gasteiger charge is 2.46. The van der Waals surface area contributed by atoms with Crippen molar-refractivity contribution >= 4 is 17.4 Å². The molecule has 2 heterocycles. The lowest BCUT2D eigenvalue weighted by Crippen LogP contribution is -2.42. The highest BCUT2D eigenvalue weighted by atomic mass is 19.1. The number of halogens is 1. The summed E-state index contributed by atoms with van der Waals surface area (Å²) in [5.74, 6) is -1.43. The van der Waals surface area contributed by atoms with Crippen LogP contribution in [0.4, 0.5) is 4.39 Å². The highest BCUT2D eigenvalue weighted by molar-refractivity contribution is 6.46. The molecule has 2 aliphatic heterocycles. The van der Waals surface area contributed by atoms with Crippen molar-refractivity contribution in [2.45, 2.75) is 6.04 Å². The van der Waals surface area contributed by atoms with Gasteiger partial charge in [0, 0.05) is 31.7 Å². The summed E-state index contributed by atoms with van der Waals surface area (Å²) in [6.45, 7) is 3.51. The van der Waals surface area contributed by atoms with Crippen LogP contribution in [0.1, 0.15) is 17.2 Å². The predicted octanol–water partition coefficient (Wildman–Crippen LogP) is 2.60. The maximum atomic E-state index is 13.6. The van der Waals surface area contributed by atoms with Crippen molar-refractivity contribution in [3.05, 3.63) is 65.0 Å². The molecule has 2 fully saturated rings. The Kier molecular flexibility index (Phi) is 7.14. The number of carbonyl (C=O) groups excluding carboxylic acids is 2. The van der Waals surface area contributed by atoms with E-state index >= 15 is 0 Å². The number of hydrogen-bond donors (Lipinski definition) is 1. The summed E-state index contributed by atoms with van der Waals surface area (Å²) in [5.41, 5.74) is 0.784. The molecule has 1 amide bonds. The minimum atomic E-state index is -0.852. The first-order chi connectivity index (χ1) is 16.4. The number of Topliss-reactive ketones (excluding diaryl/α,β-unsaturated/α-hetero) is 1. The SMILES string of the molecule is COc1ccc(/C(O)=C2/C(=O)C(=O)N(CCN3CCOCC3)C2c2ccc(F)cc2)cc1OC. The van der Waals surface area contributed by atoms with Crippen LogP contribution in [0.5, 0.6) is 11.5 Å². The smallest absolute Gasteiger partial charge is 0.295 e. The zero-order chi connectivity index (χ0) is 24.2. The molecule has 1 atom stereocenters. The van der Waals surface area contributed by atoms with Gasteiger partial charge in [-0.25, -0.2) is 4.39 Å². The molecule has 0 bridgehead atoms. The summed E-state index contributed by atoms with van der Waals surface area (Å²) in [5, 5.41) is 11.2. The Balaban J connectivity index is 1.75. The number of benzene rings is 2. The Labute approximate surface area is 197 Å². The molecule has 9 heteroatoms. The van der Waals surface area contributed by atoms with Gasteiger partial charge in [0.25, 0.3) is 11.7 Å². The lowest BCUT2D eigenvalue weighted by Gasteiger charge is -2.31. The second kappa shape index (κ2) is 10.2. The second-order valence-electron chi connectivity index (χ2n) is 8.07. The Morgan fingerprint density at radius 2 is 1.71 bits per heavy atom. The maximum Gasteiger partial charge on any atom is 0.295 e. The van der Waals surface area contributed by atoms with Crippen molar-refractivity contribution in [1.82, 2.24) is 9.80 Å². The van der Waals surface area contributed by atoms with E-state index in [2.05, 4.69) is 4.90 Å². The average Bonchev–Trinajstić information content (AvgIpc) is 3.12. The fraction of sp³-hybridized carbons (Fsp3) is 0.360. The third kappa shape index (κ3) is 4.62. The van der Waals surface area contributed by atoms with Gasteiger partial charge in [-0.15, -0.1) is 0 Å². The molecule has 2 aliphatic rings. The standard InChI is InChI=1S/C25H27FN2O6/c1-32-19-8-5-17(15-20(19)33-2)23(29)21-22(16-3-6-18(26)7-4-16)28(25(31)24(21)30)10-9-27-11-13-34-14-12-27/h3-8,15,22,29H,9-14H2,1-2H3/b23-21-. The van der Waals surface area contributed by atoms with E-state index in [0.717, 1.165) is 13.1 Å². The molecule has 2 saturated heterocycles. The quantitative estimate of drug-likeness (QED) is 0.378. The van der Waals surface area contributed by atoms with Gasteiger partial charge in [0.05, 0.1) is 39.0 Å². The molecule has 0 aromatic heterocycles. The lowest BCUT2D eigenvalue weighted by atomic mass is 9.95. The average molecular weight is 470 g/mol. The lowest BCUT2D eigenvalue weighted by molar-refractivity contribution is -0.140. The fourth-order valence-corrected chi connectivity index (χ4v) is 4.32. The van der Waals surface area contributed by atoms with Crippen molar-refractivity contribution in [3.63, 3.8) is 0 Å². The Morgan fingerprint density at radius 1 is 1.03 bits per heavy atom. The summed E-state index contributed by atoms with van der Waals surface area (Å²) in [6.07, 6.45) is 0. The molecular formula is C25H27FN2O6. The first kappa shape index (κ1) is 23.7. The number of carbonyl (C=O) groups is 2. The van der Waals surface area contributed by atoms with E-state index in [1.807, 2.05) is 0 Å². The van der Waals surface area contributed by atoms with Crippen LogP contribution in [-0.2, 0) is 14.3 Å². The minimum absolute atomic E-state index is 0.0502. The van der Waals surface area contributed by atoms with Gasteiger partial charge in [-0.05, 0) is 35.9 Å². The molecule has 2 aromatic rings. The monoisotopic (exact) mass is 470 g/mol. The second-order valence-corrected chi connectivity index (χ2v) is 8.07. The first-order valence-electron chi connectivity index (χ1n) is 11.0. The van der Waals surface area contributed by atoms with E-state index in [1.165, 1.54) is 49.5 Å². The molecule has 34 heavy (non-hydrogen) atoms. The molecule has 0 saturated carbocycles.